The molecular formula is C19H20ClN3OS. The number of fused-ring (bicyclic) bond motifs is 3. The Labute approximate surface area is 156 Å². The minimum Gasteiger partial charge on any atom is -0.385 e. The molecule has 0 aliphatic heterocycles. The molecule has 4 nitrogen and oxygen atoms in total. The van der Waals surface area contributed by atoms with E-state index in [0.29, 0.717) is 0 Å². The van der Waals surface area contributed by atoms with Crippen LogP contribution in [-0.2, 0) is 17.6 Å². The van der Waals surface area contributed by atoms with Crippen LogP contribution in [0.2, 0.25) is 5.02 Å². The van der Waals surface area contributed by atoms with Gasteiger partial charge in [-0.05, 0) is 55.5 Å². The molecule has 0 fully saturated rings. The van der Waals surface area contributed by atoms with E-state index in [9.17, 15) is 0 Å². The van der Waals surface area contributed by atoms with Crippen molar-refractivity contribution in [3.63, 3.8) is 0 Å². The SMILES string of the molecule is COCCCNc1nc(-c2ccc(Cl)cc2)nc2sc3c(c12)CCC3. The number of thiophene rings is 1. The van der Waals surface area contributed by atoms with Gasteiger partial charge in [-0.1, -0.05) is 11.6 Å². The molecule has 1 aliphatic rings. The van der Waals surface area contributed by atoms with Gasteiger partial charge >= 0.3 is 0 Å². The van der Waals surface area contributed by atoms with Crippen molar-refractivity contribution >= 4 is 39.0 Å². The van der Waals surface area contributed by atoms with Crippen LogP contribution in [0.15, 0.2) is 24.3 Å². The molecule has 1 N–H and O–H groups in total. The molecule has 2 aromatic heterocycles. The van der Waals surface area contributed by atoms with Gasteiger partial charge in [0.15, 0.2) is 5.82 Å². The maximum Gasteiger partial charge on any atom is 0.163 e. The predicted octanol–water partition coefficient (Wildman–Crippen LogP) is 4.95. The number of nitrogens with zero attached hydrogens (tertiary/aromatic N) is 2. The Morgan fingerprint density at radius 2 is 2.04 bits per heavy atom. The van der Waals surface area contributed by atoms with E-state index in [4.69, 9.17) is 26.3 Å². The first kappa shape index (κ1) is 16.8. The molecule has 0 amide bonds. The van der Waals surface area contributed by atoms with Gasteiger partial charge in [0, 0.05) is 35.7 Å². The van der Waals surface area contributed by atoms with Crippen molar-refractivity contribution in [2.24, 2.45) is 0 Å². The topological polar surface area (TPSA) is 47.0 Å². The molecule has 0 saturated carbocycles. The van der Waals surface area contributed by atoms with Crippen molar-refractivity contribution in [2.45, 2.75) is 25.7 Å². The highest BCUT2D eigenvalue weighted by atomic mass is 35.5. The van der Waals surface area contributed by atoms with Gasteiger partial charge in [-0.2, -0.15) is 0 Å². The molecule has 130 valence electrons. The van der Waals surface area contributed by atoms with Crippen LogP contribution in [0.25, 0.3) is 21.6 Å². The van der Waals surface area contributed by atoms with Crippen LogP contribution < -0.4 is 5.32 Å². The second kappa shape index (κ2) is 7.28. The van der Waals surface area contributed by atoms with Crippen LogP contribution in [-0.4, -0.2) is 30.2 Å². The number of benzene rings is 1. The number of halogens is 1. The summed E-state index contributed by atoms with van der Waals surface area (Å²) in [6.45, 7) is 1.58. The molecule has 0 saturated heterocycles. The lowest BCUT2D eigenvalue weighted by Crippen LogP contribution is -2.07. The van der Waals surface area contributed by atoms with Crippen LogP contribution >= 0.6 is 22.9 Å². The van der Waals surface area contributed by atoms with Crippen molar-refractivity contribution in [1.82, 2.24) is 9.97 Å². The number of nitrogens with one attached hydrogen (secondary N) is 1. The van der Waals surface area contributed by atoms with E-state index in [1.54, 1.807) is 7.11 Å². The zero-order valence-corrected chi connectivity index (χ0v) is 15.7. The monoisotopic (exact) mass is 373 g/mol. The molecular weight excluding hydrogens is 354 g/mol. The summed E-state index contributed by atoms with van der Waals surface area (Å²) in [6.07, 6.45) is 4.48. The number of methoxy groups -OCH3 is 1. The number of aryl methyl sites for hydroxylation is 2. The summed E-state index contributed by atoms with van der Waals surface area (Å²) in [6, 6.07) is 7.70. The fraction of sp³-hybridized carbons (Fsp3) is 0.368. The first-order chi connectivity index (χ1) is 12.3. The largest absolute Gasteiger partial charge is 0.385 e. The summed E-state index contributed by atoms with van der Waals surface area (Å²) >= 11 is 7.83. The summed E-state index contributed by atoms with van der Waals surface area (Å²) in [5.41, 5.74) is 2.43. The minimum absolute atomic E-state index is 0.720. The Balaban J connectivity index is 1.76. The van der Waals surface area contributed by atoms with E-state index in [1.807, 2.05) is 35.6 Å². The third-order valence-electron chi connectivity index (χ3n) is 4.48. The molecule has 0 bridgehead atoms. The molecule has 1 aromatic carbocycles. The smallest absolute Gasteiger partial charge is 0.163 e. The molecule has 1 aliphatic carbocycles. The van der Waals surface area contributed by atoms with Crippen LogP contribution in [0.4, 0.5) is 5.82 Å². The van der Waals surface area contributed by atoms with Gasteiger partial charge < -0.3 is 10.1 Å². The Bertz CT molecular complexity index is 892. The molecule has 0 atom stereocenters. The number of anilines is 1. The fourth-order valence-corrected chi connectivity index (χ4v) is 4.66. The molecule has 4 rings (SSSR count). The third kappa shape index (κ3) is 3.36. The summed E-state index contributed by atoms with van der Waals surface area (Å²) in [5.74, 6) is 1.70. The Morgan fingerprint density at radius 1 is 1.20 bits per heavy atom. The summed E-state index contributed by atoms with van der Waals surface area (Å²) in [7, 11) is 1.73. The highest BCUT2D eigenvalue weighted by molar-refractivity contribution is 7.19. The molecule has 25 heavy (non-hydrogen) atoms. The van der Waals surface area contributed by atoms with Crippen LogP contribution in [0.3, 0.4) is 0 Å². The fourth-order valence-electron chi connectivity index (χ4n) is 3.28. The summed E-state index contributed by atoms with van der Waals surface area (Å²) in [5, 5.41) is 5.44. The molecule has 0 unspecified atom stereocenters. The minimum atomic E-state index is 0.720. The highest BCUT2D eigenvalue weighted by Gasteiger charge is 2.22. The van der Waals surface area contributed by atoms with Gasteiger partial charge in [-0.15, -0.1) is 11.3 Å². The molecule has 3 aromatic rings. The predicted molar refractivity (Wildman–Crippen MR) is 105 cm³/mol. The number of hydrogen-bond donors (Lipinski definition) is 1. The van der Waals surface area contributed by atoms with Gasteiger partial charge in [-0.3, -0.25) is 0 Å². The van der Waals surface area contributed by atoms with Gasteiger partial charge in [0.05, 0.1) is 5.39 Å². The van der Waals surface area contributed by atoms with Crippen molar-refractivity contribution in [3.05, 3.63) is 39.7 Å². The average Bonchev–Trinajstić information content (AvgIpc) is 3.19. The number of hydrogen-bond acceptors (Lipinski definition) is 5. The Hall–Kier alpha value is -1.69. The van der Waals surface area contributed by atoms with E-state index < -0.39 is 0 Å². The summed E-state index contributed by atoms with van der Waals surface area (Å²) < 4.78 is 5.15. The van der Waals surface area contributed by atoms with Gasteiger partial charge in [0.25, 0.3) is 0 Å². The number of ether oxygens (including phenoxy) is 1. The van der Waals surface area contributed by atoms with E-state index in [1.165, 1.54) is 22.2 Å². The first-order valence-electron chi connectivity index (χ1n) is 8.57. The van der Waals surface area contributed by atoms with Gasteiger partial charge in [0.1, 0.15) is 10.6 Å². The second-order valence-electron chi connectivity index (χ2n) is 6.21. The quantitative estimate of drug-likeness (QED) is 0.621. The summed E-state index contributed by atoms with van der Waals surface area (Å²) in [4.78, 5) is 12.2. The number of aromatic nitrogens is 2. The molecule has 0 spiro atoms. The van der Waals surface area contributed by atoms with Crippen molar-refractivity contribution in [2.75, 3.05) is 25.6 Å². The second-order valence-corrected chi connectivity index (χ2v) is 7.73. The zero-order chi connectivity index (χ0) is 17.2. The van der Waals surface area contributed by atoms with Crippen molar-refractivity contribution in [3.8, 4) is 11.4 Å². The maximum absolute atomic E-state index is 6.01. The lowest BCUT2D eigenvalue weighted by Gasteiger charge is -2.10. The molecule has 0 radical (unpaired) electrons. The maximum atomic E-state index is 6.01. The lowest BCUT2D eigenvalue weighted by atomic mass is 10.1. The first-order valence-corrected chi connectivity index (χ1v) is 9.77. The zero-order valence-electron chi connectivity index (χ0n) is 14.1. The van der Waals surface area contributed by atoms with E-state index in [-0.39, 0.29) is 0 Å². The van der Waals surface area contributed by atoms with E-state index in [0.717, 1.165) is 59.5 Å². The van der Waals surface area contributed by atoms with Crippen LogP contribution in [0.5, 0.6) is 0 Å². The van der Waals surface area contributed by atoms with Gasteiger partial charge in [-0.25, -0.2) is 9.97 Å². The Morgan fingerprint density at radius 3 is 2.84 bits per heavy atom. The average molecular weight is 374 g/mol. The van der Waals surface area contributed by atoms with Crippen LogP contribution in [0, 0.1) is 0 Å². The highest BCUT2D eigenvalue weighted by Crippen LogP contribution is 2.40. The third-order valence-corrected chi connectivity index (χ3v) is 5.92. The normalized spacial score (nSPS) is 13.4. The van der Waals surface area contributed by atoms with E-state index >= 15 is 0 Å². The molecule has 6 heteroatoms. The van der Waals surface area contributed by atoms with E-state index in [2.05, 4.69) is 5.32 Å². The standard InChI is InChI=1S/C19H20ClN3OS/c1-24-11-3-10-21-18-16-14-4-2-5-15(14)25-19(16)23-17(22-18)12-6-8-13(20)9-7-12/h6-9H,2-5,10-11H2,1H3,(H,21,22,23). The lowest BCUT2D eigenvalue weighted by molar-refractivity contribution is 0.198. The van der Waals surface area contributed by atoms with Crippen LogP contribution in [0.1, 0.15) is 23.3 Å². The van der Waals surface area contributed by atoms with Crippen molar-refractivity contribution < 1.29 is 4.74 Å². The van der Waals surface area contributed by atoms with Gasteiger partial charge in [0.2, 0.25) is 0 Å². The van der Waals surface area contributed by atoms with Crippen molar-refractivity contribution in [1.29, 1.82) is 0 Å². The molecule has 2 heterocycles. The Kier molecular flexibility index (Phi) is 4.88. The number of rotatable bonds is 6.